The number of hydrogen-bond donors (Lipinski definition) is 2. The van der Waals surface area contributed by atoms with Gasteiger partial charge in [0.05, 0.1) is 5.69 Å². The summed E-state index contributed by atoms with van der Waals surface area (Å²) in [6, 6.07) is 4.80. The molecule has 1 aliphatic heterocycles. The first-order valence-electron chi connectivity index (χ1n) is 6.42. The van der Waals surface area contributed by atoms with E-state index >= 15 is 0 Å². The lowest BCUT2D eigenvalue weighted by Gasteiger charge is -2.33. The lowest BCUT2D eigenvalue weighted by molar-refractivity contribution is -0.143. The summed E-state index contributed by atoms with van der Waals surface area (Å²) in [4.78, 5) is 29.7. The predicted octanol–water partition coefficient (Wildman–Crippen LogP) is 2.83. The highest BCUT2D eigenvalue weighted by Gasteiger charge is 2.47. The van der Waals surface area contributed by atoms with E-state index in [1.165, 1.54) is 18.3 Å². The first-order chi connectivity index (χ1) is 10.4. The fraction of sp³-hybridized carbons (Fsp3) is 0.214. The highest BCUT2D eigenvalue weighted by atomic mass is 35.5. The summed E-state index contributed by atoms with van der Waals surface area (Å²) in [7, 11) is 0. The van der Waals surface area contributed by atoms with Gasteiger partial charge in [-0.1, -0.05) is 11.6 Å². The van der Waals surface area contributed by atoms with E-state index in [0.717, 1.165) is 4.88 Å². The van der Waals surface area contributed by atoms with Crippen LogP contribution in [0.25, 0.3) is 0 Å². The molecule has 2 amide bonds. The van der Waals surface area contributed by atoms with E-state index in [2.05, 4.69) is 15.6 Å². The third kappa shape index (κ3) is 2.53. The highest BCUT2D eigenvalue weighted by Crippen LogP contribution is 2.36. The highest BCUT2D eigenvalue weighted by molar-refractivity contribution is 7.15. The molecule has 0 aliphatic carbocycles. The van der Waals surface area contributed by atoms with Crippen molar-refractivity contribution in [1.29, 1.82) is 0 Å². The molecule has 0 saturated carbocycles. The van der Waals surface area contributed by atoms with Crippen LogP contribution in [0.15, 0.2) is 24.4 Å². The predicted molar refractivity (Wildman–Crippen MR) is 84.6 cm³/mol. The van der Waals surface area contributed by atoms with E-state index < -0.39 is 17.4 Å². The van der Waals surface area contributed by atoms with Crippen LogP contribution in [0.1, 0.15) is 11.8 Å². The third-order valence-corrected chi connectivity index (χ3v) is 4.28. The molecule has 22 heavy (non-hydrogen) atoms. The van der Waals surface area contributed by atoms with Gasteiger partial charge in [-0.15, -0.1) is 11.3 Å². The molecular formula is C14H12ClN3O3S. The first-order valence-corrected chi connectivity index (χ1v) is 7.62. The smallest absolute Gasteiger partial charge is 0.280 e. The minimum Gasteiger partial charge on any atom is -0.466 e. The topological polar surface area (TPSA) is 80.3 Å². The van der Waals surface area contributed by atoms with Crippen LogP contribution < -0.4 is 15.4 Å². The number of rotatable bonds is 2. The zero-order valence-corrected chi connectivity index (χ0v) is 13.3. The van der Waals surface area contributed by atoms with Gasteiger partial charge in [0, 0.05) is 16.1 Å². The molecule has 1 aromatic carbocycles. The quantitative estimate of drug-likeness (QED) is 0.826. The molecule has 0 fully saturated rings. The van der Waals surface area contributed by atoms with E-state index in [0.29, 0.717) is 21.6 Å². The number of carbonyl (C=O) groups excluding carboxylic acids is 2. The molecule has 3 rings (SSSR count). The molecule has 1 aromatic heterocycles. The molecule has 2 N–H and O–H groups in total. The Labute approximate surface area is 135 Å². The Kier molecular flexibility index (Phi) is 3.54. The number of ether oxygens (including phenoxy) is 1. The summed E-state index contributed by atoms with van der Waals surface area (Å²) in [5.41, 5.74) is -1.24. The van der Waals surface area contributed by atoms with Gasteiger partial charge in [0.15, 0.2) is 5.13 Å². The molecule has 2 heterocycles. The number of amides is 2. The van der Waals surface area contributed by atoms with Crippen LogP contribution in [0.5, 0.6) is 5.75 Å². The van der Waals surface area contributed by atoms with E-state index in [-0.39, 0.29) is 0 Å². The molecule has 0 saturated heterocycles. The van der Waals surface area contributed by atoms with Gasteiger partial charge in [-0.05, 0) is 32.0 Å². The van der Waals surface area contributed by atoms with Crippen molar-refractivity contribution in [3.05, 3.63) is 34.3 Å². The molecule has 2 aromatic rings. The van der Waals surface area contributed by atoms with Crippen LogP contribution in [0.2, 0.25) is 5.02 Å². The van der Waals surface area contributed by atoms with Crippen LogP contribution in [-0.2, 0) is 9.59 Å². The number of nitrogens with one attached hydrogen (secondary N) is 2. The molecule has 6 nitrogen and oxygen atoms in total. The minimum atomic E-state index is -1.68. The van der Waals surface area contributed by atoms with Gasteiger partial charge >= 0.3 is 0 Å². The second-order valence-corrected chi connectivity index (χ2v) is 6.63. The van der Waals surface area contributed by atoms with Crippen LogP contribution in [-0.4, -0.2) is 22.4 Å². The summed E-state index contributed by atoms with van der Waals surface area (Å²) in [6.45, 7) is 3.29. The van der Waals surface area contributed by atoms with E-state index in [4.69, 9.17) is 16.3 Å². The van der Waals surface area contributed by atoms with Crippen LogP contribution in [0.3, 0.4) is 0 Å². The molecule has 0 bridgehead atoms. The zero-order valence-electron chi connectivity index (χ0n) is 11.8. The van der Waals surface area contributed by atoms with Crippen LogP contribution >= 0.6 is 22.9 Å². The average molecular weight is 338 g/mol. The van der Waals surface area contributed by atoms with Crippen molar-refractivity contribution in [3.8, 4) is 5.75 Å². The molecular weight excluding hydrogens is 326 g/mol. The van der Waals surface area contributed by atoms with E-state index in [9.17, 15) is 9.59 Å². The number of hydrogen-bond acceptors (Lipinski definition) is 5. The summed E-state index contributed by atoms with van der Waals surface area (Å²) in [5, 5.41) is 6.12. The molecule has 1 aliphatic rings. The lowest BCUT2D eigenvalue weighted by Crippen LogP contribution is -2.56. The molecule has 8 heteroatoms. The van der Waals surface area contributed by atoms with Crippen molar-refractivity contribution >= 4 is 45.6 Å². The van der Waals surface area contributed by atoms with Crippen molar-refractivity contribution in [2.75, 3.05) is 10.6 Å². The van der Waals surface area contributed by atoms with E-state index in [1.807, 2.05) is 6.92 Å². The third-order valence-electron chi connectivity index (χ3n) is 3.21. The number of thiazole rings is 1. The summed E-state index contributed by atoms with van der Waals surface area (Å²) in [6.07, 6.45) is 1.64. The Morgan fingerprint density at radius 1 is 1.50 bits per heavy atom. The average Bonchev–Trinajstić information content (AvgIpc) is 2.86. The maximum absolute atomic E-state index is 12.4. The standard InChI is InChI=1S/C14H12ClN3O3S/c1-7-6-16-13(22-7)18-12(20)14(2)11(19)17-9-5-8(15)3-4-10(9)21-14/h3-6H,1-2H3,(H,17,19)(H,16,18,20)/t14-/m0/s1. The Bertz CT molecular complexity index is 776. The Morgan fingerprint density at radius 3 is 2.95 bits per heavy atom. The molecule has 114 valence electrons. The normalized spacial score (nSPS) is 19.9. The fourth-order valence-electron chi connectivity index (χ4n) is 1.98. The molecule has 0 unspecified atom stereocenters. The Hall–Kier alpha value is -2.12. The maximum Gasteiger partial charge on any atom is 0.280 e. The van der Waals surface area contributed by atoms with Crippen LogP contribution in [0.4, 0.5) is 10.8 Å². The summed E-state index contributed by atoms with van der Waals surface area (Å²) in [5.74, 6) is -0.759. The Morgan fingerprint density at radius 2 is 2.27 bits per heavy atom. The largest absolute Gasteiger partial charge is 0.466 e. The first kappa shape index (κ1) is 14.8. The second-order valence-electron chi connectivity index (χ2n) is 4.96. The monoisotopic (exact) mass is 337 g/mol. The number of aromatic nitrogens is 1. The molecule has 0 spiro atoms. The van der Waals surface area contributed by atoms with Gasteiger partial charge < -0.3 is 10.1 Å². The van der Waals surface area contributed by atoms with E-state index in [1.54, 1.807) is 24.4 Å². The SMILES string of the molecule is Cc1cnc(NC(=O)[C@@]2(C)Oc3ccc(Cl)cc3NC2=O)s1. The van der Waals surface area contributed by atoms with Crippen LogP contribution in [0, 0.1) is 6.92 Å². The molecule has 0 radical (unpaired) electrons. The van der Waals surface area contributed by atoms with Crippen molar-refractivity contribution in [1.82, 2.24) is 4.98 Å². The fourth-order valence-corrected chi connectivity index (χ4v) is 2.81. The zero-order chi connectivity index (χ0) is 15.9. The maximum atomic E-state index is 12.4. The number of nitrogens with zero attached hydrogens (tertiary/aromatic N) is 1. The van der Waals surface area contributed by atoms with Gasteiger partial charge in [0.1, 0.15) is 5.75 Å². The number of fused-ring (bicyclic) bond motifs is 1. The number of anilines is 2. The minimum absolute atomic E-state index is 0.386. The second kappa shape index (κ2) is 5.26. The van der Waals surface area contributed by atoms with Gasteiger partial charge in [0.25, 0.3) is 17.4 Å². The van der Waals surface area contributed by atoms with Crippen molar-refractivity contribution in [2.45, 2.75) is 19.4 Å². The summed E-state index contributed by atoms with van der Waals surface area (Å²) < 4.78 is 5.62. The van der Waals surface area contributed by atoms with Crippen molar-refractivity contribution in [2.24, 2.45) is 0 Å². The van der Waals surface area contributed by atoms with Gasteiger partial charge in [-0.2, -0.15) is 0 Å². The molecule has 1 atom stereocenters. The van der Waals surface area contributed by atoms with Gasteiger partial charge in [0.2, 0.25) is 0 Å². The van der Waals surface area contributed by atoms with Gasteiger partial charge in [-0.25, -0.2) is 4.98 Å². The number of aryl methyl sites for hydroxylation is 1. The number of halogens is 1. The lowest BCUT2D eigenvalue weighted by atomic mass is 10.0. The number of carbonyl (C=O) groups is 2. The Balaban J connectivity index is 1.87. The van der Waals surface area contributed by atoms with Gasteiger partial charge in [-0.3, -0.25) is 14.9 Å². The van der Waals surface area contributed by atoms with Crippen molar-refractivity contribution < 1.29 is 14.3 Å². The number of benzene rings is 1. The van der Waals surface area contributed by atoms with Crippen molar-refractivity contribution in [3.63, 3.8) is 0 Å². The summed E-state index contributed by atoms with van der Waals surface area (Å²) >= 11 is 7.19.